The summed E-state index contributed by atoms with van der Waals surface area (Å²) in [5.74, 6) is -0.141. The monoisotopic (exact) mass is 382 g/mol. The van der Waals surface area contributed by atoms with Crippen molar-refractivity contribution in [3.8, 4) is 0 Å². The first kappa shape index (κ1) is 17.5. The average molecular weight is 382 g/mol. The van der Waals surface area contributed by atoms with Crippen LogP contribution in [0.3, 0.4) is 0 Å². The van der Waals surface area contributed by atoms with Gasteiger partial charge in [0.05, 0.1) is 11.9 Å². The van der Waals surface area contributed by atoms with Crippen LogP contribution in [0, 0.1) is 0 Å². The van der Waals surface area contributed by atoms with Crippen molar-refractivity contribution in [3.63, 3.8) is 0 Å². The van der Waals surface area contributed by atoms with Crippen molar-refractivity contribution in [3.05, 3.63) is 89.9 Å². The van der Waals surface area contributed by atoms with E-state index in [-0.39, 0.29) is 5.91 Å². The minimum absolute atomic E-state index is 0.141. The SMILES string of the molecule is O=C(NCCc1c[nH]c2ccccc12)c1ccc(N2CCc3ccccc32)cn1. The molecule has 0 saturated heterocycles. The number of aromatic nitrogens is 2. The molecule has 2 aromatic carbocycles. The molecule has 144 valence electrons. The summed E-state index contributed by atoms with van der Waals surface area (Å²) >= 11 is 0. The van der Waals surface area contributed by atoms with E-state index < -0.39 is 0 Å². The van der Waals surface area contributed by atoms with Crippen molar-refractivity contribution >= 4 is 28.2 Å². The van der Waals surface area contributed by atoms with Gasteiger partial charge in [-0.3, -0.25) is 4.79 Å². The number of fused-ring (bicyclic) bond motifs is 2. The zero-order valence-electron chi connectivity index (χ0n) is 16.1. The van der Waals surface area contributed by atoms with E-state index in [2.05, 4.69) is 56.6 Å². The number of para-hydroxylation sites is 2. The molecule has 5 heteroatoms. The second-order valence-corrected chi connectivity index (χ2v) is 7.30. The van der Waals surface area contributed by atoms with Crippen LogP contribution in [-0.4, -0.2) is 29.0 Å². The number of carbonyl (C=O) groups excluding carboxylic acids is 1. The van der Waals surface area contributed by atoms with Crippen molar-refractivity contribution < 1.29 is 4.79 Å². The Morgan fingerprint density at radius 3 is 2.83 bits per heavy atom. The van der Waals surface area contributed by atoms with Crippen LogP contribution >= 0.6 is 0 Å². The molecule has 1 amide bonds. The highest BCUT2D eigenvalue weighted by molar-refractivity contribution is 5.92. The Labute approximate surface area is 169 Å². The van der Waals surface area contributed by atoms with Gasteiger partial charge >= 0.3 is 0 Å². The lowest BCUT2D eigenvalue weighted by Gasteiger charge is -2.19. The smallest absolute Gasteiger partial charge is 0.269 e. The van der Waals surface area contributed by atoms with Crippen molar-refractivity contribution in [1.29, 1.82) is 0 Å². The Bertz CT molecular complexity index is 1160. The van der Waals surface area contributed by atoms with Crippen molar-refractivity contribution in [1.82, 2.24) is 15.3 Å². The molecule has 5 nitrogen and oxygen atoms in total. The number of rotatable bonds is 5. The summed E-state index contributed by atoms with van der Waals surface area (Å²) < 4.78 is 0. The molecule has 0 saturated carbocycles. The van der Waals surface area contributed by atoms with Crippen LogP contribution in [0.25, 0.3) is 10.9 Å². The first-order chi connectivity index (χ1) is 14.3. The fourth-order valence-corrected chi connectivity index (χ4v) is 4.03. The molecule has 0 aliphatic carbocycles. The molecule has 1 aliphatic rings. The normalized spacial score (nSPS) is 12.9. The van der Waals surface area contributed by atoms with Crippen LogP contribution in [0.1, 0.15) is 21.6 Å². The van der Waals surface area contributed by atoms with Gasteiger partial charge in [-0.2, -0.15) is 0 Å². The lowest BCUT2D eigenvalue weighted by molar-refractivity contribution is 0.0949. The maximum absolute atomic E-state index is 12.5. The highest BCUT2D eigenvalue weighted by Crippen LogP contribution is 2.33. The van der Waals surface area contributed by atoms with Crippen molar-refractivity contribution in [2.24, 2.45) is 0 Å². The number of hydrogen-bond donors (Lipinski definition) is 2. The second-order valence-electron chi connectivity index (χ2n) is 7.30. The zero-order chi connectivity index (χ0) is 19.6. The van der Waals surface area contributed by atoms with E-state index >= 15 is 0 Å². The lowest BCUT2D eigenvalue weighted by atomic mass is 10.1. The van der Waals surface area contributed by atoms with Gasteiger partial charge in [-0.05, 0) is 48.2 Å². The largest absolute Gasteiger partial charge is 0.361 e. The Hall–Kier alpha value is -3.60. The topological polar surface area (TPSA) is 61.0 Å². The van der Waals surface area contributed by atoms with Crippen molar-refractivity contribution in [2.45, 2.75) is 12.8 Å². The standard InChI is InChI=1S/C24H22N4O/c29-24(25-13-11-18-15-26-21-7-3-2-6-20(18)21)22-10-9-19(16-27-22)28-14-12-17-5-1-4-8-23(17)28/h1-10,15-16,26H,11-14H2,(H,25,29). The van der Waals surface area contributed by atoms with Gasteiger partial charge < -0.3 is 15.2 Å². The van der Waals surface area contributed by atoms with E-state index in [1.165, 1.54) is 22.2 Å². The molecule has 2 N–H and O–H groups in total. The minimum atomic E-state index is -0.141. The molecule has 3 heterocycles. The lowest BCUT2D eigenvalue weighted by Crippen LogP contribution is -2.26. The second kappa shape index (κ2) is 7.43. The van der Waals surface area contributed by atoms with E-state index in [1.54, 1.807) is 12.3 Å². The molecule has 29 heavy (non-hydrogen) atoms. The Morgan fingerprint density at radius 2 is 1.93 bits per heavy atom. The van der Waals surface area contributed by atoms with Crippen LogP contribution in [-0.2, 0) is 12.8 Å². The molecule has 0 radical (unpaired) electrons. The number of hydrogen-bond acceptors (Lipinski definition) is 3. The van der Waals surface area contributed by atoms with Gasteiger partial charge in [-0.1, -0.05) is 36.4 Å². The highest BCUT2D eigenvalue weighted by Gasteiger charge is 2.20. The minimum Gasteiger partial charge on any atom is -0.361 e. The number of nitrogens with one attached hydrogen (secondary N) is 2. The highest BCUT2D eigenvalue weighted by atomic mass is 16.1. The zero-order valence-corrected chi connectivity index (χ0v) is 16.1. The maximum atomic E-state index is 12.5. The van der Waals surface area contributed by atoms with Gasteiger partial charge in [0.15, 0.2) is 0 Å². The summed E-state index contributed by atoms with van der Waals surface area (Å²) in [7, 11) is 0. The molecule has 0 bridgehead atoms. The number of anilines is 2. The first-order valence-electron chi connectivity index (χ1n) is 9.94. The number of amides is 1. The number of carbonyl (C=O) groups is 1. The maximum Gasteiger partial charge on any atom is 0.269 e. The van der Waals surface area contributed by atoms with Gasteiger partial charge in [0, 0.05) is 35.9 Å². The molecular weight excluding hydrogens is 360 g/mol. The van der Waals surface area contributed by atoms with Crippen LogP contribution in [0.5, 0.6) is 0 Å². The molecular formula is C24H22N4O. The summed E-state index contributed by atoms with van der Waals surface area (Å²) in [5, 5.41) is 4.18. The predicted molar refractivity (Wildman–Crippen MR) is 116 cm³/mol. The molecule has 2 aromatic heterocycles. The van der Waals surface area contributed by atoms with Crippen molar-refractivity contribution in [2.75, 3.05) is 18.0 Å². The van der Waals surface area contributed by atoms with Crippen LogP contribution in [0.2, 0.25) is 0 Å². The fourth-order valence-electron chi connectivity index (χ4n) is 4.03. The summed E-state index contributed by atoms with van der Waals surface area (Å²) in [6, 6.07) is 20.4. The fraction of sp³-hybridized carbons (Fsp3) is 0.167. The number of H-pyrrole nitrogens is 1. The number of nitrogens with zero attached hydrogens (tertiary/aromatic N) is 2. The molecule has 0 spiro atoms. The molecule has 0 atom stereocenters. The van der Waals surface area contributed by atoms with Gasteiger partial charge in [-0.25, -0.2) is 4.98 Å². The third-order valence-corrected chi connectivity index (χ3v) is 5.53. The van der Waals surface area contributed by atoms with E-state index in [0.717, 1.165) is 30.6 Å². The third-order valence-electron chi connectivity index (χ3n) is 5.53. The summed E-state index contributed by atoms with van der Waals surface area (Å²) in [6.45, 7) is 1.51. The molecule has 4 aromatic rings. The van der Waals surface area contributed by atoms with Gasteiger partial charge in [0.1, 0.15) is 5.69 Å². The van der Waals surface area contributed by atoms with Gasteiger partial charge in [-0.15, -0.1) is 0 Å². The van der Waals surface area contributed by atoms with Crippen LogP contribution in [0.15, 0.2) is 73.1 Å². The van der Waals surface area contributed by atoms with E-state index in [0.29, 0.717) is 12.2 Å². The van der Waals surface area contributed by atoms with E-state index in [1.807, 2.05) is 24.4 Å². The number of pyridine rings is 1. The quantitative estimate of drug-likeness (QED) is 0.543. The van der Waals surface area contributed by atoms with Gasteiger partial charge in [0.25, 0.3) is 5.91 Å². The Balaban J connectivity index is 1.22. The molecule has 0 fully saturated rings. The number of benzene rings is 2. The Morgan fingerprint density at radius 1 is 1.07 bits per heavy atom. The molecule has 5 rings (SSSR count). The third kappa shape index (κ3) is 3.36. The molecule has 0 unspecified atom stereocenters. The van der Waals surface area contributed by atoms with Crippen LogP contribution in [0.4, 0.5) is 11.4 Å². The van der Waals surface area contributed by atoms with E-state index in [9.17, 15) is 4.79 Å². The number of aromatic amines is 1. The molecule has 1 aliphatic heterocycles. The average Bonchev–Trinajstić information content (AvgIpc) is 3.38. The van der Waals surface area contributed by atoms with Crippen LogP contribution < -0.4 is 10.2 Å². The summed E-state index contributed by atoms with van der Waals surface area (Å²) in [5.41, 5.74) is 6.37. The summed E-state index contributed by atoms with van der Waals surface area (Å²) in [4.78, 5) is 22.4. The summed E-state index contributed by atoms with van der Waals surface area (Å²) in [6.07, 6.45) is 5.61. The van der Waals surface area contributed by atoms with Gasteiger partial charge in [0.2, 0.25) is 0 Å². The predicted octanol–water partition coefficient (Wildman–Crippen LogP) is 4.23. The van der Waals surface area contributed by atoms with E-state index in [4.69, 9.17) is 0 Å². The first-order valence-corrected chi connectivity index (χ1v) is 9.94. The Kier molecular flexibility index (Phi) is 4.48.